The van der Waals surface area contributed by atoms with Gasteiger partial charge in [-0.1, -0.05) is 20.3 Å². The molecule has 0 aromatic rings. The Morgan fingerprint density at radius 2 is 1.62 bits per heavy atom. The van der Waals surface area contributed by atoms with E-state index < -0.39 is 0 Å². The summed E-state index contributed by atoms with van der Waals surface area (Å²) < 4.78 is 0. The summed E-state index contributed by atoms with van der Waals surface area (Å²) in [5.41, 5.74) is 0. The maximum absolute atomic E-state index is 12.2. The van der Waals surface area contributed by atoms with E-state index in [2.05, 4.69) is 24.1 Å². The first-order valence-electron chi connectivity index (χ1n) is 8.17. The number of nitrogens with zero attached hydrogens (tertiary/aromatic N) is 2. The minimum atomic E-state index is -0.126. The summed E-state index contributed by atoms with van der Waals surface area (Å²) in [6.45, 7) is 13.1. The summed E-state index contributed by atoms with van der Waals surface area (Å²) in [4.78, 5) is 28.3. The summed E-state index contributed by atoms with van der Waals surface area (Å²) in [6.07, 6.45) is 1.68. The van der Waals surface area contributed by atoms with Gasteiger partial charge in [-0.25, -0.2) is 0 Å². The van der Waals surface area contributed by atoms with Gasteiger partial charge < -0.3 is 10.2 Å². The first kappa shape index (κ1) is 18.0. The van der Waals surface area contributed by atoms with Crippen LogP contribution < -0.4 is 5.32 Å². The van der Waals surface area contributed by atoms with Crippen LogP contribution in [0.1, 0.15) is 47.5 Å². The van der Waals surface area contributed by atoms with Crippen molar-refractivity contribution in [2.45, 2.75) is 59.5 Å². The van der Waals surface area contributed by atoms with Crippen molar-refractivity contribution < 1.29 is 9.59 Å². The Morgan fingerprint density at radius 1 is 1.05 bits per heavy atom. The monoisotopic (exact) mass is 297 g/mol. The maximum Gasteiger partial charge on any atom is 0.237 e. The molecule has 0 spiro atoms. The topological polar surface area (TPSA) is 52.7 Å². The van der Waals surface area contributed by atoms with Gasteiger partial charge in [-0.2, -0.15) is 0 Å². The second-order valence-electron chi connectivity index (χ2n) is 6.47. The predicted octanol–water partition coefficient (Wildman–Crippen LogP) is 1.48. The normalized spacial score (nSPS) is 19.4. The molecule has 1 aliphatic rings. The molecule has 1 aliphatic heterocycles. The van der Waals surface area contributed by atoms with Crippen molar-refractivity contribution in [3.63, 3.8) is 0 Å². The number of amides is 2. The van der Waals surface area contributed by atoms with Gasteiger partial charge >= 0.3 is 0 Å². The molecule has 21 heavy (non-hydrogen) atoms. The van der Waals surface area contributed by atoms with Crippen LogP contribution in [-0.2, 0) is 9.59 Å². The third-order valence-electron chi connectivity index (χ3n) is 4.25. The van der Waals surface area contributed by atoms with E-state index >= 15 is 0 Å². The lowest BCUT2D eigenvalue weighted by Crippen LogP contribution is -2.55. The smallest absolute Gasteiger partial charge is 0.237 e. The number of carbonyl (C=O) groups excluding carboxylic acids is 2. The van der Waals surface area contributed by atoms with Crippen LogP contribution in [0.2, 0.25) is 0 Å². The fourth-order valence-electron chi connectivity index (χ4n) is 2.50. The molecular formula is C16H31N3O2. The Hall–Kier alpha value is -1.10. The Kier molecular flexibility index (Phi) is 7.15. The molecule has 0 bridgehead atoms. The molecule has 0 aromatic heterocycles. The zero-order chi connectivity index (χ0) is 16.0. The number of nitrogens with one attached hydrogen (secondary N) is 1. The quantitative estimate of drug-likeness (QED) is 0.808. The SMILES string of the molecule is CC[C@H](C)CC(=O)N1CCN([C@H](C)C(=O)NC(C)C)CC1. The zero-order valence-electron chi connectivity index (χ0n) is 14.2. The summed E-state index contributed by atoms with van der Waals surface area (Å²) in [6, 6.07) is 0.0394. The van der Waals surface area contributed by atoms with E-state index in [0.717, 1.165) is 32.6 Å². The standard InChI is InChI=1S/C16H31N3O2/c1-6-13(4)11-15(20)19-9-7-18(8-10-19)14(5)16(21)17-12(2)3/h12-14H,6-11H2,1-5H3,(H,17,21)/t13-,14+/m0/s1. The predicted molar refractivity (Wildman–Crippen MR) is 85.0 cm³/mol. The van der Waals surface area contributed by atoms with Gasteiger partial charge in [0.25, 0.3) is 0 Å². The van der Waals surface area contributed by atoms with Gasteiger partial charge in [-0.05, 0) is 26.7 Å². The van der Waals surface area contributed by atoms with E-state index in [1.165, 1.54) is 0 Å². The van der Waals surface area contributed by atoms with Gasteiger partial charge in [-0.3, -0.25) is 14.5 Å². The van der Waals surface area contributed by atoms with Crippen LogP contribution >= 0.6 is 0 Å². The molecule has 1 rings (SSSR count). The summed E-state index contributed by atoms with van der Waals surface area (Å²) in [5, 5.41) is 2.95. The molecule has 1 fully saturated rings. The molecule has 1 saturated heterocycles. The van der Waals surface area contributed by atoms with Crippen LogP contribution in [-0.4, -0.2) is 59.9 Å². The third-order valence-corrected chi connectivity index (χ3v) is 4.25. The van der Waals surface area contributed by atoms with Gasteiger partial charge in [0, 0.05) is 38.6 Å². The van der Waals surface area contributed by atoms with E-state index in [1.54, 1.807) is 0 Å². The van der Waals surface area contributed by atoms with Crippen LogP contribution in [0, 0.1) is 5.92 Å². The van der Waals surface area contributed by atoms with Crippen LogP contribution in [0.25, 0.3) is 0 Å². The average Bonchev–Trinajstić information content (AvgIpc) is 2.45. The van der Waals surface area contributed by atoms with Gasteiger partial charge in [0.15, 0.2) is 0 Å². The van der Waals surface area contributed by atoms with Crippen LogP contribution in [0.5, 0.6) is 0 Å². The molecule has 0 unspecified atom stereocenters. The van der Waals surface area contributed by atoms with Crippen molar-refractivity contribution in [3.05, 3.63) is 0 Å². The Bertz CT molecular complexity index is 349. The Balaban J connectivity index is 2.41. The first-order chi connectivity index (χ1) is 9.85. The molecule has 0 saturated carbocycles. The molecule has 5 nitrogen and oxygen atoms in total. The average molecular weight is 297 g/mol. The highest BCUT2D eigenvalue weighted by molar-refractivity contribution is 5.81. The second-order valence-corrected chi connectivity index (χ2v) is 6.47. The number of hydrogen-bond donors (Lipinski definition) is 1. The number of carbonyl (C=O) groups is 2. The zero-order valence-corrected chi connectivity index (χ0v) is 14.2. The third kappa shape index (κ3) is 5.65. The second kappa shape index (κ2) is 8.37. The number of rotatable bonds is 6. The highest BCUT2D eigenvalue weighted by Gasteiger charge is 2.27. The lowest BCUT2D eigenvalue weighted by Gasteiger charge is -2.38. The molecule has 0 aromatic carbocycles. The molecule has 1 N–H and O–H groups in total. The molecule has 0 aliphatic carbocycles. The highest BCUT2D eigenvalue weighted by Crippen LogP contribution is 2.12. The van der Waals surface area contributed by atoms with Gasteiger partial charge in [0.1, 0.15) is 0 Å². The highest BCUT2D eigenvalue weighted by atomic mass is 16.2. The summed E-state index contributed by atoms with van der Waals surface area (Å²) in [5.74, 6) is 0.777. The minimum absolute atomic E-state index is 0.0735. The largest absolute Gasteiger partial charge is 0.353 e. The Morgan fingerprint density at radius 3 is 2.10 bits per heavy atom. The van der Waals surface area contributed by atoms with Gasteiger partial charge in [0.05, 0.1) is 6.04 Å². The number of hydrogen-bond acceptors (Lipinski definition) is 3. The lowest BCUT2D eigenvalue weighted by molar-refractivity contribution is -0.135. The first-order valence-corrected chi connectivity index (χ1v) is 8.17. The molecule has 0 radical (unpaired) electrons. The van der Waals surface area contributed by atoms with Crippen LogP contribution in [0.3, 0.4) is 0 Å². The molecule has 5 heteroatoms. The van der Waals surface area contributed by atoms with E-state index in [-0.39, 0.29) is 23.9 Å². The van der Waals surface area contributed by atoms with Crippen LogP contribution in [0.4, 0.5) is 0 Å². The van der Waals surface area contributed by atoms with Crippen molar-refractivity contribution in [1.82, 2.24) is 15.1 Å². The van der Waals surface area contributed by atoms with Crippen molar-refractivity contribution in [2.75, 3.05) is 26.2 Å². The fraction of sp³-hybridized carbons (Fsp3) is 0.875. The van der Waals surface area contributed by atoms with Crippen molar-refractivity contribution >= 4 is 11.8 Å². The van der Waals surface area contributed by atoms with Gasteiger partial charge in [-0.15, -0.1) is 0 Å². The molecule has 122 valence electrons. The van der Waals surface area contributed by atoms with E-state index in [1.807, 2.05) is 25.7 Å². The van der Waals surface area contributed by atoms with E-state index in [0.29, 0.717) is 12.3 Å². The molecule has 2 amide bonds. The summed E-state index contributed by atoms with van der Waals surface area (Å²) in [7, 11) is 0. The van der Waals surface area contributed by atoms with Crippen molar-refractivity contribution in [3.8, 4) is 0 Å². The number of piperazine rings is 1. The van der Waals surface area contributed by atoms with Gasteiger partial charge in [0.2, 0.25) is 11.8 Å². The molecule has 2 atom stereocenters. The molecule has 1 heterocycles. The Labute approximate surface area is 129 Å². The molecular weight excluding hydrogens is 266 g/mol. The van der Waals surface area contributed by atoms with Crippen molar-refractivity contribution in [1.29, 1.82) is 0 Å². The van der Waals surface area contributed by atoms with Crippen molar-refractivity contribution in [2.24, 2.45) is 5.92 Å². The summed E-state index contributed by atoms with van der Waals surface area (Å²) >= 11 is 0. The maximum atomic E-state index is 12.2. The van der Waals surface area contributed by atoms with E-state index in [9.17, 15) is 9.59 Å². The lowest BCUT2D eigenvalue weighted by atomic mass is 10.0. The van der Waals surface area contributed by atoms with E-state index in [4.69, 9.17) is 0 Å². The fourth-order valence-corrected chi connectivity index (χ4v) is 2.50. The minimum Gasteiger partial charge on any atom is -0.353 e. The van der Waals surface area contributed by atoms with Crippen LogP contribution in [0.15, 0.2) is 0 Å².